The van der Waals surface area contributed by atoms with Crippen molar-refractivity contribution >= 4 is 22.7 Å². The van der Waals surface area contributed by atoms with Crippen molar-refractivity contribution in [2.24, 2.45) is 0 Å². The molecule has 100 valence electrons. The minimum Gasteiger partial charge on any atom is -0.375 e. The number of anilines is 1. The highest BCUT2D eigenvalue weighted by molar-refractivity contribution is 7.11. The highest BCUT2D eigenvalue weighted by atomic mass is 32.1. The largest absolute Gasteiger partial charge is 0.375 e. The molecule has 2 rings (SSSR count). The summed E-state index contributed by atoms with van der Waals surface area (Å²) in [7, 11) is 0. The van der Waals surface area contributed by atoms with E-state index in [0.717, 1.165) is 9.75 Å². The highest BCUT2D eigenvalue weighted by Crippen LogP contribution is 2.26. The van der Waals surface area contributed by atoms with E-state index in [1.807, 2.05) is 19.1 Å². The van der Waals surface area contributed by atoms with Crippen molar-refractivity contribution < 1.29 is 13.7 Å². The molecule has 1 heterocycles. The zero-order chi connectivity index (χ0) is 14.0. The fraction of sp³-hybridized carbons (Fsp3) is 0.167. The van der Waals surface area contributed by atoms with E-state index in [1.54, 1.807) is 0 Å². The Balaban J connectivity index is 2.18. The molecule has 0 saturated carbocycles. The number of thiophene rings is 1. The number of non-ortho nitro benzene ring substituents is 1. The van der Waals surface area contributed by atoms with E-state index in [2.05, 4.69) is 5.32 Å². The minimum atomic E-state index is -0.972. The first-order valence-corrected chi connectivity index (χ1v) is 6.21. The summed E-state index contributed by atoms with van der Waals surface area (Å²) in [6.07, 6.45) is 0. The van der Waals surface area contributed by atoms with Crippen LogP contribution >= 0.6 is 11.3 Å². The lowest BCUT2D eigenvalue weighted by molar-refractivity contribution is -0.385. The van der Waals surface area contributed by atoms with Crippen LogP contribution in [-0.4, -0.2) is 4.92 Å². The van der Waals surface area contributed by atoms with Crippen LogP contribution in [-0.2, 0) is 6.54 Å². The molecule has 0 aliphatic rings. The standard InChI is InChI=1S/C12H10F2N2O2S/c1-7-2-3-9(19-7)6-15-12-10(13)4-8(16(17)18)5-11(12)14/h2-5,15H,6H2,1H3. The lowest BCUT2D eigenvalue weighted by Gasteiger charge is -2.07. The number of nitro benzene ring substituents is 1. The Bertz CT molecular complexity index is 605. The van der Waals surface area contributed by atoms with Gasteiger partial charge in [-0.15, -0.1) is 11.3 Å². The van der Waals surface area contributed by atoms with Gasteiger partial charge in [-0.25, -0.2) is 8.78 Å². The average Bonchev–Trinajstić information content (AvgIpc) is 2.73. The van der Waals surface area contributed by atoms with E-state index < -0.39 is 22.2 Å². The van der Waals surface area contributed by atoms with Crippen LogP contribution in [0.25, 0.3) is 0 Å². The molecule has 7 heteroatoms. The van der Waals surface area contributed by atoms with Crippen LogP contribution < -0.4 is 5.32 Å². The van der Waals surface area contributed by atoms with Gasteiger partial charge in [0.15, 0.2) is 11.6 Å². The van der Waals surface area contributed by atoms with Gasteiger partial charge in [-0.2, -0.15) is 0 Å². The first kappa shape index (κ1) is 13.4. The van der Waals surface area contributed by atoms with Gasteiger partial charge in [0.2, 0.25) is 0 Å². The van der Waals surface area contributed by atoms with Crippen LogP contribution in [0.4, 0.5) is 20.2 Å². The zero-order valence-electron chi connectivity index (χ0n) is 9.94. The van der Waals surface area contributed by atoms with Gasteiger partial charge in [0.05, 0.1) is 17.1 Å². The summed E-state index contributed by atoms with van der Waals surface area (Å²) in [5.74, 6) is -1.94. The fourth-order valence-corrected chi connectivity index (χ4v) is 2.42. The molecule has 0 radical (unpaired) electrons. The minimum absolute atomic E-state index is 0.268. The van der Waals surface area contributed by atoms with E-state index in [-0.39, 0.29) is 12.2 Å². The third-order valence-corrected chi connectivity index (χ3v) is 3.47. The van der Waals surface area contributed by atoms with Crippen LogP contribution in [0.1, 0.15) is 9.75 Å². The van der Waals surface area contributed by atoms with Crippen LogP contribution in [0.3, 0.4) is 0 Å². The Hall–Kier alpha value is -2.02. The normalized spacial score (nSPS) is 10.5. The maximum absolute atomic E-state index is 13.6. The summed E-state index contributed by atoms with van der Waals surface area (Å²) in [5, 5.41) is 13.1. The molecule has 1 aromatic carbocycles. The van der Waals surface area contributed by atoms with Crippen molar-refractivity contribution in [1.29, 1.82) is 0 Å². The number of nitrogens with zero attached hydrogens (tertiary/aromatic N) is 1. The second-order valence-electron chi connectivity index (χ2n) is 3.91. The molecule has 0 bridgehead atoms. The molecule has 1 aromatic heterocycles. The van der Waals surface area contributed by atoms with Gasteiger partial charge in [0.1, 0.15) is 5.69 Å². The molecule has 2 aromatic rings. The smallest absolute Gasteiger partial charge is 0.275 e. The van der Waals surface area contributed by atoms with E-state index >= 15 is 0 Å². The lowest BCUT2D eigenvalue weighted by Crippen LogP contribution is -2.03. The first-order valence-electron chi connectivity index (χ1n) is 5.40. The Labute approximate surface area is 111 Å². The Morgan fingerprint density at radius 3 is 2.42 bits per heavy atom. The van der Waals surface area contributed by atoms with Crippen LogP contribution in [0.2, 0.25) is 0 Å². The number of rotatable bonds is 4. The molecular weight excluding hydrogens is 274 g/mol. The van der Waals surface area contributed by atoms with Crippen molar-refractivity contribution in [2.45, 2.75) is 13.5 Å². The SMILES string of the molecule is Cc1ccc(CNc2c(F)cc([N+](=O)[O-])cc2F)s1. The van der Waals surface area contributed by atoms with Gasteiger partial charge < -0.3 is 5.32 Å². The third kappa shape index (κ3) is 3.05. The second kappa shape index (κ2) is 5.31. The molecule has 4 nitrogen and oxygen atoms in total. The molecular formula is C12H10F2N2O2S. The number of benzene rings is 1. The summed E-state index contributed by atoms with van der Waals surface area (Å²) in [6, 6.07) is 5.16. The van der Waals surface area contributed by atoms with Crippen molar-refractivity contribution in [3.63, 3.8) is 0 Å². The summed E-state index contributed by atoms with van der Waals surface area (Å²) in [5.41, 5.74) is -0.954. The van der Waals surface area contributed by atoms with Gasteiger partial charge >= 0.3 is 0 Å². The number of hydrogen-bond donors (Lipinski definition) is 1. The summed E-state index contributed by atoms with van der Waals surface area (Å²) in [6.45, 7) is 2.20. The molecule has 0 saturated heterocycles. The Kier molecular flexibility index (Phi) is 3.75. The van der Waals surface area contributed by atoms with Crippen LogP contribution in [0, 0.1) is 28.7 Å². The molecule has 19 heavy (non-hydrogen) atoms. The number of nitrogens with one attached hydrogen (secondary N) is 1. The van der Waals surface area contributed by atoms with Crippen LogP contribution in [0.15, 0.2) is 24.3 Å². The van der Waals surface area contributed by atoms with Gasteiger partial charge in [-0.1, -0.05) is 0 Å². The lowest BCUT2D eigenvalue weighted by atomic mass is 10.2. The second-order valence-corrected chi connectivity index (χ2v) is 5.28. The van der Waals surface area contributed by atoms with E-state index in [9.17, 15) is 18.9 Å². The average molecular weight is 284 g/mol. The molecule has 0 amide bonds. The Morgan fingerprint density at radius 2 is 1.95 bits per heavy atom. The monoisotopic (exact) mass is 284 g/mol. The summed E-state index contributed by atoms with van der Waals surface area (Å²) in [4.78, 5) is 11.6. The van der Waals surface area contributed by atoms with E-state index in [0.29, 0.717) is 12.1 Å². The van der Waals surface area contributed by atoms with Crippen molar-refractivity contribution in [3.05, 3.63) is 55.8 Å². The van der Waals surface area contributed by atoms with E-state index in [1.165, 1.54) is 11.3 Å². The topological polar surface area (TPSA) is 55.2 Å². The molecule has 0 fully saturated rings. The molecule has 0 aliphatic heterocycles. The van der Waals surface area contributed by atoms with Gasteiger partial charge in [0.25, 0.3) is 5.69 Å². The molecule has 1 N–H and O–H groups in total. The highest BCUT2D eigenvalue weighted by Gasteiger charge is 2.16. The summed E-state index contributed by atoms with van der Waals surface area (Å²) < 4.78 is 27.2. The van der Waals surface area contributed by atoms with Gasteiger partial charge in [-0.3, -0.25) is 10.1 Å². The van der Waals surface area contributed by atoms with Crippen molar-refractivity contribution in [3.8, 4) is 0 Å². The molecule has 0 atom stereocenters. The zero-order valence-corrected chi connectivity index (χ0v) is 10.8. The van der Waals surface area contributed by atoms with Gasteiger partial charge in [-0.05, 0) is 19.1 Å². The number of hydrogen-bond acceptors (Lipinski definition) is 4. The molecule has 0 spiro atoms. The predicted molar refractivity (Wildman–Crippen MR) is 69.4 cm³/mol. The van der Waals surface area contributed by atoms with Gasteiger partial charge in [0, 0.05) is 16.3 Å². The number of nitro groups is 1. The van der Waals surface area contributed by atoms with Crippen molar-refractivity contribution in [2.75, 3.05) is 5.32 Å². The summed E-state index contributed by atoms with van der Waals surface area (Å²) >= 11 is 1.51. The third-order valence-electron chi connectivity index (χ3n) is 2.47. The van der Waals surface area contributed by atoms with Crippen LogP contribution in [0.5, 0.6) is 0 Å². The maximum atomic E-state index is 13.6. The Morgan fingerprint density at radius 1 is 1.32 bits per heavy atom. The van der Waals surface area contributed by atoms with Crippen molar-refractivity contribution in [1.82, 2.24) is 0 Å². The van der Waals surface area contributed by atoms with E-state index in [4.69, 9.17) is 0 Å². The fourth-order valence-electron chi connectivity index (χ4n) is 1.59. The predicted octanol–water partition coefficient (Wildman–Crippen LogP) is 3.86. The quantitative estimate of drug-likeness (QED) is 0.685. The number of halogens is 2. The molecule has 0 unspecified atom stereocenters. The maximum Gasteiger partial charge on any atom is 0.275 e. The molecule has 0 aliphatic carbocycles. The first-order chi connectivity index (χ1) is 8.97. The number of aryl methyl sites for hydroxylation is 1.